The summed E-state index contributed by atoms with van der Waals surface area (Å²) in [5.74, 6) is 1.76. The number of benzene rings is 2. The number of aryl methyl sites for hydroxylation is 2. The van der Waals surface area contributed by atoms with E-state index in [9.17, 15) is 0 Å². The quantitative estimate of drug-likeness (QED) is 0.322. The molecule has 1 N–H and O–H groups in total. The summed E-state index contributed by atoms with van der Waals surface area (Å²) in [6.45, 7) is 7.09. The Hall–Kier alpha value is -2.40. The van der Waals surface area contributed by atoms with Crippen molar-refractivity contribution in [3.05, 3.63) is 52.0 Å². The van der Waals surface area contributed by atoms with Gasteiger partial charge in [-0.3, -0.25) is 0 Å². The lowest BCUT2D eigenvalue weighted by Crippen LogP contribution is -2.10. The molecule has 0 fully saturated rings. The van der Waals surface area contributed by atoms with Crippen LogP contribution < -0.4 is 14.2 Å². The van der Waals surface area contributed by atoms with Crippen LogP contribution in [0.1, 0.15) is 23.6 Å². The molecule has 0 heterocycles. The molecule has 0 saturated heterocycles. The molecule has 0 aromatic heterocycles. The Morgan fingerprint density at radius 2 is 1.68 bits per heavy atom. The van der Waals surface area contributed by atoms with Crippen LogP contribution in [0.4, 0.5) is 0 Å². The third-order valence-electron chi connectivity index (χ3n) is 3.33. The summed E-state index contributed by atoms with van der Waals surface area (Å²) in [5, 5.41) is 12.0. The number of hydrogen-bond donors (Lipinski definition) is 1. The molecular formula is C19H22ClNO4. The lowest BCUT2D eigenvalue weighted by atomic mass is 10.1. The first kappa shape index (κ1) is 18.9. The summed E-state index contributed by atoms with van der Waals surface area (Å²) in [7, 11) is 0. The van der Waals surface area contributed by atoms with Crippen LogP contribution in [0, 0.1) is 13.8 Å². The molecule has 0 atom stereocenters. The topological polar surface area (TPSA) is 60.3 Å². The Labute approximate surface area is 152 Å². The van der Waals surface area contributed by atoms with Crippen LogP contribution in [0.2, 0.25) is 5.02 Å². The van der Waals surface area contributed by atoms with Crippen molar-refractivity contribution in [3.8, 4) is 17.2 Å². The highest BCUT2D eigenvalue weighted by molar-refractivity contribution is 6.32. The molecule has 2 aromatic rings. The number of oxime groups is 1. The Balaban J connectivity index is 2.01. The highest BCUT2D eigenvalue weighted by Crippen LogP contribution is 2.36. The molecule has 0 radical (unpaired) electrons. The maximum Gasteiger partial charge on any atom is 0.179 e. The van der Waals surface area contributed by atoms with E-state index in [1.807, 2.05) is 32.9 Å². The van der Waals surface area contributed by atoms with Gasteiger partial charge in [-0.15, -0.1) is 0 Å². The predicted molar refractivity (Wildman–Crippen MR) is 98.9 cm³/mol. The van der Waals surface area contributed by atoms with Crippen molar-refractivity contribution in [2.24, 2.45) is 5.16 Å². The lowest BCUT2D eigenvalue weighted by molar-refractivity contribution is 0.208. The monoisotopic (exact) mass is 363 g/mol. The Kier molecular flexibility index (Phi) is 6.95. The summed E-state index contributed by atoms with van der Waals surface area (Å²) in [5.41, 5.74) is 2.92. The molecule has 6 heteroatoms. The highest BCUT2D eigenvalue weighted by atomic mass is 35.5. The number of rotatable bonds is 8. The summed E-state index contributed by atoms with van der Waals surface area (Å²) < 4.78 is 17.0. The van der Waals surface area contributed by atoms with Gasteiger partial charge >= 0.3 is 0 Å². The van der Waals surface area contributed by atoms with Gasteiger partial charge in [0.1, 0.15) is 19.0 Å². The minimum atomic E-state index is 0.320. The summed E-state index contributed by atoms with van der Waals surface area (Å²) >= 11 is 6.25. The molecule has 2 rings (SSSR count). The van der Waals surface area contributed by atoms with Crippen molar-refractivity contribution in [3.63, 3.8) is 0 Å². The molecule has 134 valence electrons. The summed E-state index contributed by atoms with van der Waals surface area (Å²) in [4.78, 5) is 0. The Bertz CT molecular complexity index is 726. The molecule has 0 bridgehead atoms. The standard InChI is InChI=1S/C19H22ClNO4/c1-4-23-18-11-15(12-21-22)10-17(20)19(18)25-6-5-24-16-8-13(2)7-14(3)9-16/h7-12,22H,4-6H2,1-3H3. The molecule has 0 aliphatic carbocycles. The lowest BCUT2D eigenvalue weighted by Gasteiger charge is -2.15. The molecule has 25 heavy (non-hydrogen) atoms. The van der Waals surface area contributed by atoms with Crippen LogP contribution in [-0.4, -0.2) is 31.2 Å². The molecule has 2 aromatic carbocycles. The Morgan fingerprint density at radius 3 is 2.32 bits per heavy atom. The average Bonchev–Trinajstić information content (AvgIpc) is 2.53. The van der Waals surface area contributed by atoms with E-state index in [1.54, 1.807) is 12.1 Å². The fourth-order valence-electron chi connectivity index (χ4n) is 2.45. The van der Waals surface area contributed by atoms with Crippen LogP contribution >= 0.6 is 11.6 Å². The minimum absolute atomic E-state index is 0.320. The van der Waals surface area contributed by atoms with Gasteiger partial charge in [-0.2, -0.15) is 0 Å². The molecular weight excluding hydrogens is 342 g/mol. The second kappa shape index (κ2) is 9.18. The van der Waals surface area contributed by atoms with E-state index in [0.29, 0.717) is 41.9 Å². The minimum Gasteiger partial charge on any atom is -0.490 e. The van der Waals surface area contributed by atoms with Crippen LogP contribution in [-0.2, 0) is 0 Å². The van der Waals surface area contributed by atoms with Crippen LogP contribution in [0.5, 0.6) is 17.2 Å². The zero-order valence-electron chi connectivity index (χ0n) is 14.6. The molecule has 0 amide bonds. The summed E-state index contributed by atoms with van der Waals surface area (Å²) in [6.07, 6.45) is 1.28. The van der Waals surface area contributed by atoms with E-state index in [4.69, 9.17) is 31.0 Å². The number of nitrogens with zero attached hydrogens (tertiary/aromatic N) is 1. The van der Waals surface area contributed by atoms with Gasteiger partial charge in [0, 0.05) is 5.56 Å². The van der Waals surface area contributed by atoms with Gasteiger partial charge in [0.05, 0.1) is 17.8 Å². The maximum atomic E-state index is 8.66. The Morgan fingerprint density at radius 1 is 1.00 bits per heavy atom. The third kappa shape index (κ3) is 5.57. The fourth-order valence-corrected chi connectivity index (χ4v) is 2.73. The highest BCUT2D eigenvalue weighted by Gasteiger charge is 2.12. The van der Waals surface area contributed by atoms with E-state index >= 15 is 0 Å². The second-order valence-electron chi connectivity index (χ2n) is 5.53. The zero-order valence-corrected chi connectivity index (χ0v) is 15.3. The van der Waals surface area contributed by atoms with Crippen molar-refractivity contribution in [1.29, 1.82) is 0 Å². The van der Waals surface area contributed by atoms with E-state index < -0.39 is 0 Å². The van der Waals surface area contributed by atoms with Crippen molar-refractivity contribution in [1.82, 2.24) is 0 Å². The van der Waals surface area contributed by atoms with Gasteiger partial charge in [0.25, 0.3) is 0 Å². The molecule has 0 aliphatic rings. The summed E-state index contributed by atoms with van der Waals surface area (Å²) in [6, 6.07) is 9.40. The van der Waals surface area contributed by atoms with Crippen molar-refractivity contribution >= 4 is 17.8 Å². The van der Waals surface area contributed by atoms with Gasteiger partial charge in [-0.05, 0) is 56.2 Å². The van der Waals surface area contributed by atoms with E-state index in [0.717, 1.165) is 16.9 Å². The van der Waals surface area contributed by atoms with Crippen molar-refractivity contribution in [2.75, 3.05) is 19.8 Å². The van der Waals surface area contributed by atoms with Crippen LogP contribution in [0.15, 0.2) is 35.5 Å². The van der Waals surface area contributed by atoms with Gasteiger partial charge in [-0.1, -0.05) is 22.8 Å². The van der Waals surface area contributed by atoms with Crippen molar-refractivity contribution < 1.29 is 19.4 Å². The predicted octanol–water partition coefficient (Wildman–Crippen LogP) is 4.62. The van der Waals surface area contributed by atoms with Crippen LogP contribution in [0.25, 0.3) is 0 Å². The SMILES string of the molecule is CCOc1cc(C=NO)cc(Cl)c1OCCOc1cc(C)cc(C)c1. The van der Waals surface area contributed by atoms with Crippen LogP contribution in [0.3, 0.4) is 0 Å². The number of hydrogen-bond acceptors (Lipinski definition) is 5. The molecule has 5 nitrogen and oxygen atoms in total. The normalized spacial score (nSPS) is 10.9. The van der Waals surface area contributed by atoms with E-state index in [2.05, 4.69) is 11.2 Å². The molecule has 0 unspecified atom stereocenters. The largest absolute Gasteiger partial charge is 0.490 e. The van der Waals surface area contributed by atoms with E-state index in [1.165, 1.54) is 6.21 Å². The van der Waals surface area contributed by atoms with Gasteiger partial charge in [-0.25, -0.2) is 0 Å². The second-order valence-corrected chi connectivity index (χ2v) is 5.94. The van der Waals surface area contributed by atoms with E-state index in [-0.39, 0.29) is 0 Å². The first-order valence-corrected chi connectivity index (χ1v) is 8.39. The molecule has 0 saturated carbocycles. The molecule has 0 spiro atoms. The number of halogens is 1. The number of ether oxygens (including phenoxy) is 3. The van der Waals surface area contributed by atoms with Gasteiger partial charge < -0.3 is 19.4 Å². The average molecular weight is 364 g/mol. The third-order valence-corrected chi connectivity index (χ3v) is 3.61. The maximum absolute atomic E-state index is 8.66. The molecule has 0 aliphatic heterocycles. The fraction of sp³-hybridized carbons (Fsp3) is 0.316. The smallest absolute Gasteiger partial charge is 0.179 e. The zero-order chi connectivity index (χ0) is 18.2. The van der Waals surface area contributed by atoms with Gasteiger partial charge in [0.15, 0.2) is 11.5 Å². The first-order valence-electron chi connectivity index (χ1n) is 8.01. The first-order chi connectivity index (χ1) is 12.0. The van der Waals surface area contributed by atoms with Crippen molar-refractivity contribution in [2.45, 2.75) is 20.8 Å². The van der Waals surface area contributed by atoms with Gasteiger partial charge in [0.2, 0.25) is 0 Å².